The summed E-state index contributed by atoms with van der Waals surface area (Å²) in [6.07, 6.45) is 2.92. The van der Waals surface area contributed by atoms with Crippen molar-refractivity contribution in [2.24, 2.45) is 11.3 Å². The molecular formula is C10H18ClF2N. The van der Waals surface area contributed by atoms with Crippen LogP contribution in [0.1, 0.15) is 32.6 Å². The highest BCUT2D eigenvalue weighted by atomic mass is 35.5. The molecule has 1 aliphatic heterocycles. The van der Waals surface area contributed by atoms with Crippen LogP contribution in [-0.2, 0) is 0 Å². The van der Waals surface area contributed by atoms with Gasteiger partial charge < -0.3 is 5.32 Å². The third kappa shape index (κ3) is 1.45. The van der Waals surface area contributed by atoms with Gasteiger partial charge in [0, 0.05) is 11.3 Å². The Morgan fingerprint density at radius 2 is 2.00 bits per heavy atom. The van der Waals surface area contributed by atoms with E-state index in [4.69, 9.17) is 0 Å². The van der Waals surface area contributed by atoms with E-state index in [1.54, 1.807) is 0 Å². The Labute approximate surface area is 90.0 Å². The number of nitrogens with one attached hydrogen (secondary N) is 1. The molecule has 2 aliphatic rings. The van der Waals surface area contributed by atoms with E-state index in [1.165, 1.54) is 0 Å². The quantitative estimate of drug-likeness (QED) is 0.724. The van der Waals surface area contributed by atoms with Crippen molar-refractivity contribution in [2.45, 2.75) is 38.5 Å². The van der Waals surface area contributed by atoms with Gasteiger partial charge in [0.25, 0.3) is 5.92 Å². The van der Waals surface area contributed by atoms with E-state index < -0.39 is 11.3 Å². The van der Waals surface area contributed by atoms with Gasteiger partial charge in [0.15, 0.2) is 0 Å². The first-order valence-electron chi connectivity index (χ1n) is 5.23. The summed E-state index contributed by atoms with van der Waals surface area (Å²) < 4.78 is 27.0. The van der Waals surface area contributed by atoms with E-state index in [-0.39, 0.29) is 18.3 Å². The number of halogens is 3. The van der Waals surface area contributed by atoms with Crippen LogP contribution in [0.2, 0.25) is 0 Å². The monoisotopic (exact) mass is 225 g/mol. The van der Waals surface area contributed by atoms with Crippen molar-refractivity contribution in [1.29, 1.82) is 0 Å². The molecule has 2 rings (SSSR count). The predicted octanol–water partition coefficient (Wildman–Crippen LogP) is 2.84. The average Bonchev–Trinajstić information content (AvgIpc) is 2.66. The van der Waals surface area contributed by atoms with Gasteiger partial charge in [-0.15, -0.1) is 12.4 Å². The highest BCUT2D eigenvalue weighted by Crippen LogP contribution is 2.71. The molecule has 1 aliphatic carbocycles. The number of hydrogen-bond donors (Lipinski definition) is 1. The SMILES string of the molecule is CCC1C(F)(F)C12CCCNCC2.Cl. The van der Waals surface area contributed by atoms with Crippen LogP contribution in [0.4, 0.5) is 8.78 Å². The number of hydrogen-bond acceptors (Lipinski definition) is 1. The van der Waals surface area contributed by atoms with Gasteiger partial charge in [-0.25, -0.2) is 8.78 Å². The molecule has 0 aromatic carbocycles. The molecule has 84 valence electrons. The maximum Gasteiger partial charge on any atom is 0.257 e. The molecule has 0 aromatic rings. The topological polar surface area (TPSA) is 12.0 Å². The van der Waals surface area contributed by atoms with Crippen LogP contribution in [0.5, 0.6) is 0 Å². The molecule has 0 amide bonds. The molecule has 0 bridgehead atoms. The zero-order chi connectivity index (χ0) is 9.53. The number of alkyl halides is 2. The first-order chi connectivity index (χ1) is 6.15. The van der Waals surface area contributed by atoms with Crippen molar-refractivity contribution >= 4 is 12.4 Å². The van der Waals surface area contributed by atoms with Gasteiger partial charge in [0.05, 0.1) is 0 Å². The smallest absolute Gasteiger partial charge is 0.257 e. The van der Waals surface area contributed by atoms with Gasteiger partial charge in [-0.2, -0.15) is 0 Å². The van der Waals surface area contributed by atoms with Crippen molar-refractivity contribution in [3.8, 4) is 0 Å². The van der Waals surface area contributed by atoms with Crippen molar-refractivity contribution in [2.75, 3.05) is 13.1 Å². The molecule has 0 radical (unpaired) electrons. The van der Waals surface area contributed by atoms with Crippen LogP contribution in [0, 0.1) is 11.3 Å². The standard InChI is InChI=1S/C10H17F2N.ClH/c1-2-8-9(10(8,11)12)4-3-6-13-7-5-9;/h8,13H,2-7H2,1H3;1H. The van der Waals surface area contributed by atoms with Crippen LogP contribution in [0.25, 0.3) is 0 Å². The minimum absolute atomic E-state index is 0. The van der Waals surface area contributed by atoms with Gasteiger partial charge in [-0.05, 0) is 38.8 Å². The Morgan fingerprint density at radius 1 is 1.29 bits per heavy atom. The van der Waals surface area contributed by atoms with Crippen molar-refractivity contribution < 1.29 is 8.78 Å². The lowest BCUT2D eigenvalue weighted by Gasteiger charge is -2.11. The molecule has 0 aromatic heterocycles. The van der Waals surface area contributed by atoms with Crippen LogP contribution in [0.15, 0.2) is 0 Å². The Balaban J connectivity index is 0.000000980. The van der Waals surface area contributed by atoms with Crippen LogP contribution in [-0.4, -0.2) is 19.0 Å². The molecule has 2 unspecified atom stereocenters. The summed E-state index contributed by atoms with van der Waals surface area (Å²) >= 11 is 0. The maximum atomic E-state index is 13.5. The maximum absolute atomic E-state index is 13.5. The second-order valence-electron chi connectivity index (χ2n) is 4.34. The zero-order valence-electron chi connectivity index (χ0n) is 8.48. The summed E-state index contributed by atoms with van der Waals surface area (Å²) in [5.74, 6) is -2.70. The van der Waals surface area contributed by atoms with Crippen LogP contribution < -0.4 is 5.32 Å². The van der Waals surface area contributed by atoms with E-state index in [0.29, 0.717) is 19.3 Å². The molecule has 1 nitrogen and oxygen atoms in total. The predicted molar refractivity (Wildman–Crippen MR) is 55.1 cm³/mol. The van der Waals surface area contributed by atoms with Crippen molar-refractivity contribution in [3.05, 3.63) is 0 Å². The third-order valence-electron chi connectivity index (χ3n) is 3.82. The Morgan fingerprint density at radius 3 is 2.57 bits per heavy atom. The van der Waals surface area contributed by atoms with E-state index in [0.717, 1.165) is 19.5 Å². The molecule has 1 saturated heterocycles. The highest BCUT2D eigenvalue weighted by Gasteiger charge is 2.77. The summed E-state index contributed by atoms with van der Waals surface area (Å²) in [4.78, 5) is 0. The van der Waals surface area contributed by atoms with Gasteiger partial charge in [-0.1, -0.05) is 6.92 Å². The summed E-state index contributed by atoms with van der Waals surface area (Å²) in [6.45, 7) is 3.56. The molecule has 1 N–H and O–H groups in total. The lowest BCUT2D eigenvalue weighted by molar-refractivity contribution is 0.0525. The van der Waals surface area contributed by atoms with Gasteiger partial charge in [0.1, 0.15) is 0 Å². The fourth-order valence-corrected chi connectivity index (χ4v) is 3.01. The van der Waals surface area contributed by atoms with Gasteiger partial charge in [-0.3, -0.25) is 0 Å². The second kappa shape index (κ2) is 3.93. The summed E-state index contributed by atoms with van der Waals surface area (Å²) in [5, 5.41) is 3.19. The lowest BCUT2D eigenvalue weighted by Crippen LogP contribution is -2.16. The van der Waals surface area contributed by atoms with Gasteiger partial charge in [0.2, 0.25) is 0 Å². The first kappa shape index (κ1) is 12.2. The van der Waals surface area contributed by atoms with Crippen molar-refractivity contribution in [1.82, 2.24) is 5.32 Å². The second-order valence-corrected chi connectivity index (χ2v) is 4.34. The van der Waals surface area contributed by atoms with Crippen molar-refractivity contribution in [3.63, 3.8) is 0 Å². The summed E-state index contributed by atoms with van der Waals surface area (Å²) in [7, 11) is 0. The van der Waals surface area contributed by atoms with Crippen LogP contribution in [0.3, 0.4) is 0 Å². The highest BCUT2D eigenvalue weighted by molar-refractivity contribution is 5.85. The Hall–Kier alpha value is 0.110. The normalized spacial score (nSPS) is 40.1. The summed E-state index contributed by atoms with van der Waals surface area (Å²) in [6, 6.07) is 0. The van der Waals surface area contributed by atoms with E-state index >= 15 is 0 Å². The molecule has 1 spiro atoms. The molecular weight excluding hydrogens is 208 g/mol. The fraction of sp³-hybridized carbons (Fsp3) is 1.00. The first-order valence-corrected chi connectivity index (χ1v) is 5.23. The minimum atomic E-state index is -2.37. The third-order valence-corrected chi connectivity index (χ3v) is 3.82. The molecule has 14 heavy (non-hydrogen) atoms. The van der Waals surface area contributed by atoms with E-state index in [9.17, 15) is 8.78 Å². The van der Waals surface area contributed by atoms with Crippen LogP contribution >= 0.6 is 12.4 Å². The van der Waals surface area contributed by atoms with E-state index in [1.807, 2.05) is 6.92 Å². The largest absolute Gasteiger partial charge is 0.317 e. The molecule has 2 atom stereocenters. The Kier molecular flexibility index (Phi) is 3.42. The van der Waals surface area contributed by atoms with E-state index in [2.05, 4.69) is 5.32 Å². The Bertz CT molecular complexity index is 200. The molecule has 1 saturated carbocycles. The average molecular weight is 226 g/mol. The zero-order valence-corrected chi connectivity index (χ0v) is 9.30. The van der Waals surface area contributed by atoms with Gasteiger partial charge >= 0.3 is 0 Å². The lowest BCUT2D eigenvalue weighted by atomic mass is 9.93. The number of rotatable bonds is 1. The molecule has 2 fully saturated rings. The molecule has 1 heterocycles. The summed E-state index contributed by atoms with van der Waals surface area (Å²) in [5.41, 5.74) is -0.620. The minimum Gasteiger partial charge on any atom is -0.317 e. The fourth-order valence-electron chi connectivity index (χ4n) is 3.01. The molecule has 4 heteroatoms.